The van der Waals surface area contributed by atoms with E-state index < -0.39 is 4.92 Å². The molecule has 0 radical (unpaired) electrons. The molecule has 0 spiro atoms. The largest absolute Gasteiger partial charge is 0.378 e. The molecule has 0 bridgehead atoms. The van der Waals surface area contributed by atoms with Crippen LogP contribution in [0.5, 0.6) is 0 Å². The minimum Gasteiger partial charge on any atom is -0.378 e. The number of nitrogens with zero attached hydrogens (tertiary/aromatic N) is 2. The molecule has 23 heavy (non-hydrogen) atoms. The topological polar surface area (TPSA) is 68.1 Å². The highest BCUT2D eigenvalue weighted by Gasteiger charge is 2.15. The minimum absolute atomic E-state index is 0.00604. The first-order valence-corrected chi connectivity index (χ1v) is 7.47. The number of hydrogen-bond donors (Lipinski definition) is 1. The second-order valence-corrected chi connectivity index (χ2v) is 5.67. The van der Waals surface area contributed by atoms with Crippen LogP contribution >= 0.6 is 11.6 Å². The van der Waals surface area contributed by atoms with Crippen molar-refractivity contribution in [1.82, 2.24) is 4.98 Å². The maximum atomic E-state index is 11.2. The first kappa shape index (κ1) is 15.2. The second-order valence-electron chi connectivity index (χ2n) is 5.23. The molecule has 1 aromatic heterocycles. The number of hydrogen-bond acceptors (Lipinski definition) is 4. The maximum absolute atomic E-state index is 11.2. The number of pyridine rings is 1. The third-order valence-corrected chi connectivity index (χ3v) is 3.95. The van der Waals surface area contributed by atoms with Crippen LogP contribution in [0.3, 0.4) is 0 Å². The van der Waals surface area contributed by atoms with Crippen molar-refractivity contribution in [2.45, 2.75) is 13.0 Å². The molecular formula is C17H14ClN3O2. The summed E-state index contributed by atoms with van der Waals surface area (Å²) in [6.45, 7) is 2.01. The molecule has 6 heteroatoms. The molecule has 2 aromatic carbocycles. The summed E-state index contributed by atoms with van der Waals surface area (Å²) in [5, 5.41) is 16.5. The van der Waals surface area contributed by atoms with Gasteiger partial charge < -0.3 is 5.32 Å². The van der Waals surface area contributed by atoms with Gasteiger partial charge in [-0.25, -0.2) is 0 Å². The number of fused-ring (bicyclic) bond motifs is 1. The van der Waals surface area contributed by atoms with E-state index in [1.165, 1.54) is 12.3 Å². The lowest BCUT2D eigenvalue weighted by Gasteiger charge is -2.17. The highest BCUT2D eigenvalue weighted by atomic mass is 35.5. The maximum Gasteiger partial charge on any atom is 0.278 e. The quantitative estimate of drug-likeness (QED) is 0.542. The first-order chi connectivity index (χ1) is 11.1. The molecule has 1 atom stereocenters. The van der Waals surface area contributed by atoms with Crippen molar-refractivity contribution in [3.8, 4) is 0 Å². The number of halogens is 1. The number of nitrogens with one attached hydrogen (secondary N) is 1. The van der Waals surface area contributed by atoms with Gasteiger partial charge in [0.05, 0.1) is 10.3 Å². The van der Waals surface area contributed by atoms with Gasteiger partial charge in [-0.15, -0.1) is 0 Å². The fourth-order valence-corrected chi connectivity index (χ4v) is 2.75. The lowest BCUT2D eigenvalue weighted by molar-refractivity contribution is -0.383. The van der Waals surface area contributed by atoms with E-state index in [2.05, 4.69) is 10.3 Å². The van der Waals surface area contributed by atoms with Crippen LogP contribution in [0.1, 0.15) is 18.5 Å². The Morgan fingerprint density at radius 2 is 2.04 bits per heavy atom. The Labute approximate surface area is 138 Å². The highest BCUT2D eigenvalue weighted by molar-refractivity contribution is 6.30. The van der Waals surface area contributed by atoms with Crippen molar-refractivity contribution in [3.63, 3.8) is 0 Å². The summed E-state index contributed by atoms with van der Waals surface area (Å²) in [6, 6.07) is 12.6. The normalized spacial score (nSPS) is 12.1. The van der Waals surface area contributed by atoms with Crippen LogP contribution < -0.4 is 5.32 Å². The molecule has 1 unspecified atom stereocenters. The van der Waals surface area contributed by atoms with Crippen molar-refractivity contribution < 1.29 is 4.92 Å². The summed E-state index contributed by atoms with van der Waals surface area (Å²) < 4.78 is 0. The van der Waals surface area contributed by atoms with E-state index in [0.29, 0.717) is 10.4 Å². The number of aromatic nitrogens is 1. The van der Waals surface area contributed by atoms with Gasteiger partial charge >= 0.3 is 0 Å². The fraction of sp³-hybridized carbons (Fsp3) is 0.118. The molecule has 0 fully saturated rings. The summed E-state index contributed by atoms with van der Waals surface area (Å²) >= 11 is 6.03. The minimum atomic E-state index is -0.395. The molecule has 0 aliphatic carbocycles. The summed E-state index contributed by atoms with van der Waals surface area (Å²) in [6.07, 6.45) is 3.14. The molecule has 0 saturated carbocycles. The van der Waals surface area contributed by atoms with E-state index in [0.717, 1.165) is 16.6 Å². The van der Waals surface area contributed by atoms with E-state index in [4.69, 9.17) is 11.6 Å². The average Bonchev–Trinajstić information content (AvgIpc) is 2.54. The standard InChI is InChI=1S/C17H14ClN3O2/c1-11(12-3-2-4-13(18)9-12)20-16-5-6-17(21(22)23)15-10-19-8-7-14(15)16/h2-11,20H,1H3. The van der Waals surface area contributed by atoms with Crippen LogP contribution in [0.2, 0.25) is 5.02 Å². The zero-order valence-electron chi connectivity index (χ0n) is 12.4. The average molecular weight is 328 g/mol. The summed E-state index contributed by atoms with van der Waals surface area (Å²) in [7, 11) is 0. The summed E-state index contributed by atoms with van der Waals surface area (Å²) in [5.74, 6) is 0. The van der Waals surface area contributed by atoms with Gasteiger partial charge in [0.25, 0.3) is 5.69 Å². The molecule has 0 amide bonds. The van der Waals surface area contributed by atoms with Gasteiger partial charge in [-0.1, -0.05) is 23.7 Å². The van der Waals surface area contributed by atoms with E-state index in [1.54, 1.807) is 18.3 Å². The molecule has 1 N–H and O–H groups in total. The van der Waals surface area contributed by atoms with Crippen molar-refractivity contribution in [2.75, 3.05) is 5.32 Å². The van der Waals surface area contributed by atoms with Gasteiger partial charge in [0.2, 0.25) is 0 Å². The molecule has 5 nitrogen and oxygen atoms in total. The second kappa shape index (κ2) is 6.22. The lowest BCUT2D eigenvalue weighted by atomic mass is 10.1. The Hall–Kier alpha value is -2.66. The highest BCUT2D eigenvalue weighted by Crippen LogP contribution is 2.32. The van der Waals surface area contributed by atoms with Gasteiger partial charge in [-0.2, -0.15) is 0 Å². The molecule has 116 valence electrons. The number of nitro groups is 1. The van der Waals surface area contributed by atoms with Gasteiger partial charge in [0.1, 0.15) is 0 Å². The zero-order chi connectivity index (χ0) is 16.4. The van der Waals surface area contributed by atoms with Crippen LogP contribution in [-0.2, 0) is 0 Å². The number of nitro benzene ring substituents is 1. The third kappa shape index (κ3) is 3.10. The molecule has 0 aliphatic rings. The smallest absolute Gasteiger partial charge is 0.278 e. The van der Waals surface area contributed by atoms with E-state index in [-0.39, 0.29) is 11.7 Å². The van der Waals surface area contributed by atoms with Crippen LogP contribution in [0.4, 0.5) is 11.4 Å². The molecule has 3 aromatic rings. The van der Waals surface area contributed by atoms with Crippen molar-refractivity contribution in [1.29, 1.82) is 0 Å². The van der Waals surface area contributed by atoms with Crippen molar-refractivity contribution >= 4 is 33.7 Å². The van der Waals surface area contributed by atoms with Crippen LogP contribution in [-0.4, -0.2) is 9.91 Å². The van der Waals surface area contributed by atoms with Crippen molar-refractivity contribution in [3.05, 3.63) is 75.6 Å². The molecule has 0 saturated heterocycles. The molecule has 3 rings (SSSR count). The van der Waals surface area contributed by atoms with E-state index in [9.17, 15) is 10.1 Å². The van der Waals surface area contributed by atoms with Gasteiger partial charge in [0, 0.05) is 40.6 Å². The Bertz CT molecular complexity index is 883. The monoisotopic (exact) mass is 327 g/mol. The van der Waals surface area contributed by atoms with Crippen molar-refractivity contribution in [2.24, 2.45) is 0 Å². The molecular weight excluding hydrogens is 314 g/mol. The number of rotatable bonds is 4. The van der Waals surface area contributed by atoms with Crippen LogP contribution in [0, 0.1) is 10.1 Å². The van der Waals surface area contributed by atoms with Gasteiger partial charge in [-0.3, -0.25) is 15.1 Å². The van der Waals surface area contributed by atoms with E-state index >= 15 is 0 Å². The molecule has 0 aliphatic heterocycles. The Kier molecular flexibility index (Phi) is 4.12. The predicted octanol–water partition coefficient (Wildman–Crippen LogP) is 4.97. The summed E-state index contributed by atoms with van der Waals surface area (Å²) in [4.78, 5) is 14.8. The first-order valence-electron chi connectivity index (χ1n) is 7.09. The summed E-state index contributed by atoms with van der Waals surface area (Å²) in [5.41, 5.74) is 1.91. The fourth-order valence-electron chi connectivity index (χ4n) is 2.55. The number of benzene rings is 2. The number of anilines is 1. The Morgan fingerprint density at radius 3 is 2.78 bits per heavy atom. The van der Waals surface area contributed by atoms with Crippen LogP contribution in [0.15, 0.2) is 54.9 Å². The third-order valence-electron chi connectivity index (χ3n) is 3.71. The predicted molar refractivity (Wildman–Crippen MR) is 91.9 cm³/mol. The van der Waals surface area contributed by atoms with E-state index in [1.807, 2.05) is 31.2 Å². The van der Waals surface area contributed by atoms with Crippen LogP contribution in [0.25, 0.3) is 10.8 Å². The molecule has 1 heterocycles. The lowest BCUT2D eigenvalue weighted by Crippen LogP contribution is -2.07. The van der Waals surface area contributed by atoms with Gasteiger partial charge in [0.15, 0.2) is 0 Å². The SMILES string of the molecule is CC(Nc1ccc([N+](=O)[O-])c2cnccc12)c1cccc(Cl)c1. The Morgan fingerprint density at radius 1 is 1.22 bits per heavy atom. The Balaban J connectivity index is 2.01. The van der Waals surface area contributed by atoms with Gasteiger partial charge in [-0.05, 0) is 36.8 Å². The zero-order valence-corrected chi connectivity index (χ0v) is 13.1. The number of non-ortho nitro benzene ring substituents is 1.